The van der Waals surface area contributed by atoms with Gasteiger partial charge in [0.25, 0.3) is 5.69 Å². The van der Waals surface area contributed by atoms with E-state index in [1.54, 1.807) is 6.07 Å². The van der Waals surface area contributed by atoms with Crippen molar-refractivity contribution in [2.75, 3.05) is 0 Å². The molecule has 0 unspecified atom stereocenters. The van der Waals surface area contributed by atoms with Crippen LogP contribution in [-0.2, 0) is 0 Å². The van der Waals surface area contributed by atoms with Crippen molar-refractivity contribution in [3.63, 3.8) is 0 Å². The third-order valence-corrected chi connectivity index (χ3v) is 3.27. The molecule has 2 rings (SSSR count). The minimum absolute atomic E-state index is 0.0312. The van der Waals surface area contributed by atoms with Crippen LogP contribution in [0.5, 0.6) is 11.5 Å². The summed E-state index contributed by atoms with van der Waals surface area (Å²) in [6.45, 7) is 0. The van der Waals surface area contributed by atoms with Crippen LogP contribution in [0.4, 0.5) is 11.4 Å². The lowest BCUT2D eigenvalue weighted by molar-refractivity contribution is -0.386. The molecule has 0 N–H and O–H groups in total. The lowest BCUT2D eigenvalue weighted by atomic mass is 10.3. The van der Waals surface area contributed by atoms with Gasteiger partial charge in [0.2, 0.25) is 5.75 Å². The number of nitrogens with zero attached hydrogens (tertiary/aromatic N) is 2. The summed E-state index contributed by atoms with van der Waals surface area (Å²) in [5.74, 6) is -0.0955. The van der Waals surface area contributed by atoms with Crippen molar-refractivity contribution in [2.24, 2.45) is 0 Å². The maximum atomic E-state index is 11.0. The zero-order valence-corrected chi connectivity index (χ0v) is 12.5. The summed E-state index contributed by atoms with van der Waals surface area (Å²) in [7, 11) is 0. The van der Waals surface area contributed by atoms with E-state index in [1.165, 1.54) is 24.3 Å². The van der Waals surface area contributed by atoms with E-state index in [2.05, 4.69) is 15.9 Å². The van der Waals surface area contributed by atoms with E-state index in [9.17, 15) is 20.2 Å². The zero-order valence-electron chi connectivity index (χ0n) is 10.2. The van der Waals surface area contributed by atoms with Crippen LogP contribution >= 0.6 is 27.5 Å². The molecule has 0 saturated carbocycles. The summed E-state index contributed by atoms with van der Waals surface area (Å²) in [6.07, 6.45) is 0. The first-order valence-electron chi connectivity index (χ1n) is 5.44. The average molecular weight is 374 g/mol. The van der Waals surface area contributed by atoms with Crippen molar-refractivity contribution < 1.29 is 14.6 Å². The highest BCUT2D eigenvalue weighted by molar-refractivity contribution is 9.10. The van der Waals surface area contributed by atoms with Crippen molar-refractivity contribution in [1.82, 2.24) is 0 Å². The molecule has 0 aliphatic carbocycles. The Balaban J connectivity index is 2.45. The van der Waals surface area contributed by atoms with Gasteiger partial charge in [-0.15, -0.1) is 0 Å². The molecule has 0 bridgehead atoms. The van der Waals surface area contributed by atoms with E-state index in [4.69, 9.17) is 16.3 Å². The molecule has 0 aromatic heterocycles. The van der Waals surface area contributed by atoms with Gasteiger partial charge in [-0.1, -0.05) is 27.5 Å². The summed E-state index contributed by atoms with van der Waals surface area (Å²) in [6, 6.07) is 7.80. The van der Waals surface area contributed by atoms with Crippen LogP contribution < -0.4 is 4.74 Å². The van der Waals surface area contributed by atoms with E-state index in [-0.39, 0.29) is 27.9 Å². The third kappa shape index (κ3) is 3.47. The van der Waals surface area contributed by atoms with Crippen molar-refractivity contribution in [3.05, 3.63) is 66.1 Å². The first kappa shape index (κ1) is 15.2. The standard InChI is InChI=1S/C12H6BrClN2O5/c13-7-1-4-11(10(5-7)16(19)20)21-12-6-8(15(17)18)2-3-9(12)14/h1-6H. The van der Waals surface area contributed by atoms with Gasteiger partial charge in [-0.3, -0.25) is 20.2 Å². The molecular weight excluding hydrogens is 367 g/mol. The fourth-order valence-electron chi connectivity index (χ4n) is 1.52. The lowest BCUT2D eigenvalue weighted by Crippen LogP contribution is -1.95. The number of benzene rings is 2. The summed E-state index contributed by atoms with van der Waals surface area (Å²) in [5.41, 5.74) is -0.513. The van der Waals surface area contributed by atoms with Crippen LogP contribution in [0.3, 0.4) is 0 Å². The lowest BCUT2D eigenvalue weighted by Gasteiger charge is -2.08. The molecule has 2 aromatic rings. The highest BCUT2D eigenvalue weighted by Crippen LogP contribution is 2.37. The van der Waals surface area contributed by atoms with E-state index in [0.29, 0.717) is 4.47 Å². The van der Waals surface area contributed by atoms with Crippen LogP contribution in [-0.4, -0.2) is 9.85 Å². The van der Waals surface area contributed by atoms with E-state index in [0.717, 1.165) is 6.07 Å². The van der Waals surface area contributed by atoms with Crippen LogP contribution in [0.1, 0.15) is 0 Å². The Morgan fingerprint density at radius 1 is 1.00 bits per heavy atom. The van der Waals surface area contributed by atoms with Crippen molar-refractivity contribution in [2.45, 2.75) is 0 Å². The van der Waals surface area contributed by atoms with Gasteiger partial charge in [0, 0.05) is 16.6 Å². The molecule has 108 valence electrons. The second kappa shape index (κ2) is 6.06. The Bertz CT molecular complexity index is 738. The number of ether oxygens (including phenoxy) is 1. The molecule has 9 heteroatoms. The van der Waals surface area contributed by atoms with E-state index >= 15 is 0 Å². The first-order chi connectivity index (χ1) is 9.88. The molecule has 2 aromatic carbocycles. The van der Waals surface area contributed by atoms with Gasteiger partial charge in [0.05, 0.1) is 20.9 Å². The molecular formula is C12H6BrClN2O5. The highest BCUT2D eigenvalue weighted by Gasteiger charge is 2.19. The quantitative estimate of drug-likeness (QED) is 0.571. The van der Waals surface area contributed by atoms with Gasteiger partial charge >= 0.3 is 5.69 Å². The molecule has 0 fully saturated rings. The topological polar surface area (TPSA) is 95.5 Å². The Hall–Kier alpha value is -2.19. The normalized spacial score (nSPS) is 10.2. The third-order valence-electron chi connectivity index (χ3n) is 2.46. The maximum Gasteiger partial charge on any atom is 0.312 e. The Labute approximate surface area is 131 Å². The van der Waals surface area contributed by atoms with Gasteiger partial charge in [-0.05, 0) is 18.2 Å². The summed E-state index contributed by atoms with van der Waals surface area (Å²) in [5, 5.41) is 21.8. The molecule has 0 saturated heterocycles. The van der Waals surface area contributed by atoms with Gasteiger partial charge < -0.3 is 4.74 Å². The molecule has 0 spiro atoms. The molecule has 0 aliphatic heterocycles. The number of nitro groups is 2. The number of rotatable bonds is 4. The summed E-state index contributed by atoms with van der Waals surface area (Å²) in [4.78, 5) is 20.5. The Morgan fingerprint density at radius 3 is 2.33 bits per heavy atom. The molecule has 7 nitrogen and oxygen atoms in total. The Kier molecular flexibility index (Phi) is 4.39. The second-order valence-electron chi connectivity index (χ2n) is 3.84. The number of hydrogen-bond acceptors (Lipinski definition) is 5. The Morgan fingerprint density at radius 2 is 1.71 bits per heavy atom. The van der Waals surface area contributed by atoms with Gasteiger partial charge in [0.1, 0.15) is 0 Å². The van der Waals surface area contributed by atoms with Crippen molar-refractivity contribution in [3.8, 4) is 11.5 Å². The van der Waals surface area contributed by atoms with Crippen LogP contribution in [0.25, 0.3) is 0 Å². The summed E-state index contributed by atoms with van der Waals surface area (Å²) < 4.78 is 5.85. The number of non-ortho nitro benzene ring substituents is 1. The number of nitro benzene ring substituents is 2. The zero-order chi connectivity index (χ0) is 15.6. The first-order valence-corrected chi connectivity index (χ1v) is 6.61. The minimum atomic E-state index is -0.620. The van der Waals surface area contributed by atoms with E-state index < -0.39 is 9.85 Å². The fourth-order valence-corrected chi connectivity index (χ4v) is 2.03. The highest BCUT2D eigenvalue weighted by atomic mass is 79.9. The number of hydrogen-bond donors (Lipinski definition) is 0. The molecule has 21 heavy (non-hydrogen) atoms. The predicted molar refractivity (Wildman–Crippen MR) is 79.0 cm³/mol. The molecule has 0 aliphatic rings. The SMILES string of the molecule is O=[N+]([O-])c1ccc(Cl)c(Oc2ccc(Br)cc2[N+](=O)[O-])c1. The smallest absolute Gasteiger partial charge is 0.312 e. The largest absolute Gasteiger partial charge is 0.448 e. The van der Waals surface area contributed by atoms with Crippen LogP contribution in [0.2, 0.25) is 5.02 Å². The van der Waals surface area contributed by atoms with Crippen LogP contribution in [0, 0.1) is 20.2 Å². The summed E-state index contributed by atoms with van der Waals surface area (Å²) >= 11 is 9.01. The maximum absolute atomic E-state index is 11.0. The molecule has 0 amide bonds. The molecule has 0 radical (unpaired) electrons. The average Bonchev–Trinajstić information content (AvgIpc) is 2.42. The van der Waals surface area contributed by atoms with Crippen molar-refractivity contribution in [1.29, 1.82) is 0 Å². The minimum Gasteiger partial charge on any atom is -0.448 e. The fraction of sp³-hybridized carbons (Fsp3) is 0. The van der Waals surface area contributed by atoms with Gasteiger partial charge in [0.15, 0.2) is 5.75 Å². The molecule has 0 heterocycles. The van der Waals surface area contributed by atoms with Crippen LogP contribution in [0.15, 0.2) is 40.9 Å². The number of halogens is 2. The monoisotopic (exact) mass is 372 g/mol. The predicted octanol–water partition coefficient (Wildman–Crippen LogP) is 4.71. The van der Waals surface area contributed by atoms with Gasteiger partial charge in [-0.2, -0.15) is 0 Å². The second-order valence-corrected chi connectivity index (χ2v) is 5.17. The van der Waals surface area contributed by atoms with Crippen molar-refractivity contribution >= 4 is 38.9 Å². The molecule has 0 atom stereocenters. The van der Waals surface area contributed by atoms with Gasteiger partial charge in [-0.25, -0.2) is 0 Å². The van der Waals surface area contributed by atoms with E-state index in [1.807, 2.05) is 0 Å².